The Bertz CT molecular complexity index is 1390. The van der Waals surface area contributed by atoms with Crippen LogP contribution in [0.4, 0.5) is 14.6 Å². The predicted octanol–water partition coefficient (Wildman–Crippen LogP) is 2.75. The van der Waals surface area contributed by atoms with E-state index in [4.69, 9.17) is 10.5 Å². The van der Waals surface area contributed by atoms with Gasteiger partial charge >= 0.3 is 0 Å². The summed E-state index contributed by atoms with van der Waals surface area (Å²) >= 11 is 0. The highest BCUT2D eigenvalue weighted by Crippen LogP contribution is 2.34. The summed E-state index contributed by atoms with van der Waals surface area (Å²) in [7, 11) is -2.35. The lowest BCUT2D eigenvalue weighted by Crippen LogP contribution is -2.06. The van der Waals surface area contributed by atoms with Crippen molar-refractivity contribution in [3.05, 3.63) is 54.1 Å². The van der Waals surface area contributed by atoms with Crippen LogP contribution in [0, 0.1) is 11.6 Å². The molecule has 0 aliphatic heterocycles. The molecule has 0 fully saturated rings. The molecule has 2 heterocycles. The molecule has 30 heavy (non-hydrogen) atoms. The molecule has 0 saturated carbocycles. The van der Waals surface area contributed by atoms with E-state index in [1.807, 2.05) is 0 Å². The molecular weight excluding hydrogens is 416 g/mol. The van der Waals surface area contributed by atoms with Crippen LogP contribution in [0.1, 0.15) is 0 Å². The second-order valence-corrected chi connectivity index (χ2v) is 8.35. The normalized spacial score (nSPS) is 11.7. The Morgan fingerprint density at radius 2 is 1.77 bits per heavy atom. The molecule has 0 radical (unpaired) electrons. The summed E-state index contributed by atoms with van der Waals surface area (Å²) in [6.07, 6.45) is 0.906. The molecule has 0 amide bonds. The van der Waals surface area contributed by atoms with Gasteiger partial charge in [0.1, 0.15) is 23.2 Å². The van der Waals surface area contributed by atoms with Gasteiger partial charge in [-0.05, 0) is 42.5 Å². The van der Waals surface area contributed by atoms with E-state index in [1.165, 1.54) is 11.8 Å². The fourth-order valence-electron chi connectivity index (χ4n) is 2.95. The number of ether oxygens (including phenoxy) is 1. The van der Waals surface area contributed by atoms with Gasteiger partial charge in [0.15, 0.2) is 5.65 Å². The van der Waals surface area contributed by atoms with Crippen molar-refractivity contribution < 1.29 is 21.9 Å². The van der Waals surface area contributed by atoms with Crippen LogP contribution in [0.25, 0.3) is 28.0 Å². The van der Waals surface area contributed by atoms with Crippen molar-refractivity contribution in [2.75, 3.05) is 19.1 Å². The zero-order valence-electron chi connectivity index (χ0n) is 15.8. The van der Waals surface area contributed by atoms with Crippen molar-refractivity contribution in [3.63, 3.8) is 0 Å². The van der Waals surface area contributed by atoms with Crippen LogP contribution >= 0.6 is 0 Å². The summed E-state index contributed by atoms with van der Waals surface area (Å²) in [4.78, 5) is 7.95. The molecule has 11 heteroatoms. The number of nitrogens with zero attached hydrogens (tertiary/aromatic N) is 4. The second kappa shape index (κ2) is 7.02. The highest BCUT2D eigenvalue weighted by Gasteiger charge is 2.24. The van der Waals surface area contributed by atoms with E-state index in [0.717, 1.165) is 24.5 Å². The Balaban J connectivity index is 2.06. The Kier molecular flexibility index (Phi) is 4.61. The molecule has 154 valence electrons. The van der Waals surface area contributed by atoms with Crippen LogP contribution < -0.4 is 10.5 Å². The molecule has 0 aliphatic carbocycles. The van der Waals surface area contributed by atoms with E-state index in [1.54, 1.807) is 24.3 Å². The van der Waals surface area contributed by atoms with Gasteiger partial charge in [0.25, 0.3) is 0 Å². The number of nitrogens with two attached hydrogens (primary N) is 1. The predicted molar refractivity (Wildman–Crippen MR) is 106 cm³/mol. The first-order valence-corrected chi connectivity index (χ1v) is 10.4. The van der Waals surface area contributed by atoms with Gasteiger partial charge in [-0.25, -0.2) is 26.9 Å². The average molecular weight is 431 g/mol. The number of rotatable bonds is 4. The van der Waals surface area contributed by atoms with Gasteiger partial charge in [0, 0.05) is 11.8 Å². The molecule has 2 aromatic heterocycles. The van der Waals surface area contributed by atoms with E-state index in [-0.39, 0.29) is 28.1 Å². The maximum Gasteiger partial charge on any atom is 0.249 e. The molecule has 4 aromatic rings. The van der Waals surface area contributed by atoms with Crippen molar-refractivity contribution in [2.45, 2.75) is 5.16 Å². The van der Waals surface area contributed by atoms with Gasteiger partial charge in [-0.2, -0.15) is 4.98 Å². The summed E-state index contributed by atoms with van der Waals surface area (Å²) in [5.41, 5.74) is 6.28. The third kappa shape index (κ3) is 3.32. The molecule has 0 unspecified atom stereocenters. The van der Waals surface area contributed by atoms with E-state index in [0.29, 0.717) is 11.4 Å². The van der Waals surface area contributed by atoms with Crippen molar-refractivity contribution >= 4 is 26.7 Å². The molecule has 0 bridgehead atoms. The number of hydrogen-bond donors (Lipinski definition) is 1. The lowest BCUT2D eigenvalue weighted by Gasteiger charge is -2.08. The van der Waals surface area contributed by atoms with E-state index >= 15 is 0 Å². The Hall–Kier alpha value is -3.60. The number of benzene rings is 2. The van der Waals surface area contributed by atoms with Crippen molar-refractivity contribution in [1.82, 2.24) is 19.7 Å². The number of hydrogen-bond acceptors (Lipinski definition) is 7. The lowest BCUT2D eigenvalue weighted by atomic mass is 10.1. The van der Waals surface area contributed by atoms with Gasteiger partial charge in [0.2, 0.25) is 15.0 Å². The summed E-state index contributed by atoms with van der Waals surface area (Å²) in [5, 5.41) is 3.79. The molecule has 8 nitrogen and oxygen atoms in total. The van der Waals surface area contributed by atoms with Gasteiger partial charge in [-0.3, -0.25) is 0 Å². The lowest BCUT2D eigenvalue weighted by molar-refractivity contribution is 0.414. The summed E-state index contributed by atoms with van der Waals surface area (Å²) in [6, 6.07) is 9.49. The number of halogens is 2. The first-order valence-electron chi connectivity index (χ1n) is 8.55. The first-order chi connectivity index (χ1) is 14.2. The fraction of sp³-hybridized carbons (Fsp3) is 0.105. The van der Waals surface area contributed by atoms with Crippen LogP contribution in [0.5, 0.6) is 5.75 Å². The molecule has 0 spiro atoms. The Labute approximate surface area is 169 Å². The molecule has 4 rings (SSSR count). The quantitative estimate of drug-likeness (QED) is 0.494. The molecule has 0 atom stereocenters. The van der Waals surface area contributed by atoms with Crippen LogP contribution in [0.2, 0.25) is 0 Å². The van der Waals surface area contributed by atoms with Crippen LogP contribution in [0.3, 0.4) is 0 Å². The van der Waals surface area contributed by atoms with Crippen LogP contribution in [-0.4, -0.2) is 41.5 Å². The number of fused-ring (bicyclic) bond motifs is 1. The number of anilines is 1. The van der Waals surface area contributed by atoms with Crippen molar-refractivity contribution in [3.8, 4) is 22.7 Å². The third-order valence-electron chi connectivity index (χ3n) is 4.38. The molecule has 0 saturated heterocycles. The smallest absolute Gasteiger partial charge is 0.249 e. The van der Waals surface area contributed by atoms with Crippen LogP contribution in [-0.2, 0) is 9.84 Å². The van der Waals surface area contributed by atoms with E-state index < -0.39 is 26.6 Å². The number of sulfone groups is 1. The van der Waals surface area contributed by atoms with Crippen molar-refractivity contribution in [1.29, 1.82) is 0 Å². The number of nitrogen functional groups attached to an aromatic ring is 1. The SMILES string of the molecule is COc1ccc(-n2nc3nc(S(C)(=O)=O)nc(-c4cc(F)ccc4F)c3c2N)cc1. The van der Waals surface area contributed by atoms with Crippen LogP contribution in [0.15, 0.2) is 47.6 Å². The van der Waals surface area contributed by atoms with Gasteiger partial charge in [0.05, 0.1) is 23.9 Å². The van der Waals surface area contributed by atoms with E-state index in [2.05, 4.69) is 15.1 Å². The van der Waals surface area contributed by atoms with Gasteiger partial charge < -0.3 is 10.5 Å². The maximum absolute atomic E-state index is 14.5. The standard InChI is InChI=1S/C19H15F2N5O3S/c1-29-12-6-4-11(5-7-12)26-17(22)15-16(13-9-10(20)3-8-14(13)21)23-19(30(2,27)28)24-18(15)25-26/h3-9H,22H2,1-2H3. The summed E-state index contributed by atoms with van der Waals surface area (Å²) in [6.45, 7) is 0. The fourth-order valence-corrected chi connectivity index (χ4v) is 3.46. The van der Waals surface area contributed by atoms with Gasteiger partial charge in [-0.1, -0.05) is 0 Å². The topological polar surface area (TPSA) is 113 Å². The third-order valence-corrected chi connectivity index (χ3v) is 5.23. The first kappa shape index (κ1) is 19.7. The monoisotopic (exact) mass is 431 g/mol. The minimum Gasteiger partial charge on any atom is -0.497 e. The highest BCUT2D eigenvalue weighted by atomic mass is 32.2. The minimum absolute atomic E-state index is 0.0360. The Morgan fingerprint density at radius 3 is 2.40 bits per heavy atom. The summed E-state index contributed by atoms with van der Waals surface area (Å²) < 4.78 is 58.9. The Morgan fingerprint density at radius 1 is 1.07 bits per heavy atom. The number of aromatic nitrogens is 4. The molecule has 2 aromatic carbocycles. The van der Waals surface area contributed by atoms with Crippen molar-refractivity contribution in [2.24, 2.45) is 0 Å². The highest BCUT2D eigenvalue weighted by molar-refractivity contribution is 7.90. The van der Waals surface area contributed by atoms with Gasteiger partial charge in [-0.15, -0.1) is 5.10 Å². The maximum atomic E-state index is 14.5. The molecule has 2 N–H and O–H groups in total. The molecular formula is C19H15F2N5O3S. The minimum atomic E-state index is -3.87. The summed E-state index contributed by atoms with van der Waals surface area (Å²) in [5.74, 6) is -0.878. The van der Waals surface area contributed by atoms with E-state index in [9.17, 15) is 17.2 Å². The molecule has 0 aliphatic rings. The largest absolute Gasteiger partial charge is 0.497 e. The second-order valence-electron chi connectivity index (χ2n) is 6.44. The zero-order chi connectivity index (χ0) is 21.6. The zero-order valence-corrected chi connectivity index (χ0v) is 16.6. The average Bonchev–Trinajstić information content (AvgIpc) is 3.05. The number of methoxy groups -OCH3 is 1.